The minimum absolute atomic E-state index is 0.222. The molecule has 2 rings (SSSR count). The molecule has 1 aliphatic heterocycles. The van der Waals surface area contributed by atoms with E-state index in [4.69, 9.17) is 14.2 Å². The van der Waals surface area contributed by atoms with Crippen LogP contribution in [0.5, 0.6) is 0 Å². The van der Waals surface area contributed by atoms with Gasteiger partial charge >= 0.3 is 0 Å². The molecule has 0 aliphatic carbocycles. The van der Waals surface area contributed by atoms with Crippen LogP contribution < -0.4 is 0 Å². The van der Waals surface area contributed by atoms with E-state index in [9.17, 15) is 8.42 Å². The van der Waals surface area contributed by atoms with Crippen molar-refractivity contribution in [2.24, 2.45) is 5.41 Å². The average molecular weight is 433 g/mol. The van der Waals surface area contributed by atoms with Crippen molar-refractivity contribution in [3.8, 4) is 0 Å². The van der Waals surface area contributed by atoms with Gasteiger partial charge in [-0.15, -0.1) is 5.10 Å². The number of ether oxygens (including phenoxy) is 3. The maximum atomic E-state index is 11.5. The second-order valence-electron chi connectivity index (χ2n) is 8.52. The zero-order valence-corrected chi connectivity index (χ0v) is 18.8. The van der Waals surface area contributed by atoms with Crippen LogP contribution in [0.3, 0.4) is 0 Å². The predicted molar refractivity (Wildman–Crippen MR) is 110 cm³/mol. The van der Waals surface area contributed by atoms with E-state index in [1.807, 2.05) is 4.68 Å². The Kier molecular flexibility index (Phi) is 9.97. The Balaban J connectivity index is 1.50. The molecule has 0 unspecified atom stereocenters. The van der Waals surface area contributed by atoms with Crippen molar-refractivity contribution in [1.82, 2.24) is 19.9 Å². The fourth-order valence-corrected chi connectivity index (χ4v) is 4.08. The van der Waals surface area contributed by atoms with Crippen LogP contribution in [0.1, 0.15) is 32.9 Å². The molecule has 0 spiro atoms. The standard InChI is InChI=1S/C19H36N4O5S/c1-19(2,3)4-8-26-10-12-28-13-11-27-9-5-23-18(16-20-21-23)17-22-6-14-29(24,25)15-7-22/h16H,4-15,17H2,1-3H3. The van der Waals surface area contributed by atoms with Crippen LogP contribution in [0, 0.1) is 5.41 Å². The maximum absolute atomic E-state index is 11.5. The summed E-state index contributed by atoms with van der Waals surface area (Å²) >= 11 is 0. The average Bonchev–Trinajstić information content (AvgIpc) is 3.07. The zero-order valence-electron chi connectivity index (χ0n) is 18.0. The van der Waals surface area contributed by atoms with E-state index in [0.717, 1.165) is 18.7 Å². The number of nitrogens with zero attached hydrogens (tertiary/aromatic N) is 4. The van der Waals surface area contributed by atoms with Gasteiger partial charge in [0.1, 0.15) is 0 Å². The fourth-order valence-electron chi connectivity index (χ4n) is 2.80. The minimum Gasteiger partial charge on any atom is -0.379 e. The van der Waals surface area contributed by atoms with E-state index in [-0.39, 0.29) is 11.5 Å². The van der Waals surface area contributed by atoms with Gasteiger partial charge in [-0.05, 0) is 11.8 Å². The van der Waals surface area contributed by atoms with Crippen LogP contribution in [0.2, 0.25) is 0 Å². The van der Waals surface area contributed by atoms with Crippen LogP contribution in [0.15, 0.2) is 6.20 Å². The second kappa shape index (κ2) is 11.9. The lowest BCUT2D eigenvalue weighted by Gasteiger charge is -2.26. The minimum atomic E-state index is -2.86. The molecule has 9 nitrogen and oxygen atoms in total. The molecule has 1 saturated heterocycles. The lowest BCUT2D eigenvalue weighted by molar-refractivity contribution is 0.00867. The molecule has 0 saturated carbocycles. The Morgan fingerprint density at radius 3 is 2.17 bits per heavy atom. The van der Waals surface area contributed by atoms with Crippen molar-refractivity contribution in [3.63, 3.8) is 0 Å². The quantitative estimate of drug-likeness (QED) is 0.426. The first-order valence-electron chi connectivity index (χ1n) is 10.3. The Morgan fingerprint density at radius 1 is 0.966 bits per heavy atom. The van der Waals surface area contributed by atoms with E-state index >= 15 is 0 Å². The zero-order chi connectivity index (χ0) is 21.2. The molecule has 2 heterocycles. The molecule has 0 N–H and O–H groups in total. The number of sulfone groups is 1. The third-order valence-corrected chi connectivity index (χ3v) is 6.32. The number of hydrogen-bond donors (Lipinski definition) is 0. The Morgan fingerprint density at radius 2 is 1.55 bits per heavy atom. The number of aromatic nitrogens is 3. The van der Waals surface area contributed by atoms with Gasteiger partial charge in [-0.25, -0.2) is 13.1 Å². The van der Waals surface area contributed by atoms with E-state index in [0.29, 0.717) is 64.6 Å². The highest BCUT2D eigenvalue weighted by atomic mass is 32.2. The summed E-state index contributed by atoms with van der Waals surface area (Å²) in [5.74, 6) is 0.443. The van der Waals surface area contributed by atoms with Gasteiger partial charge in [-0.3, -0.25) is 4.90 Å². The molecular weight excluding hydrogens is 396 g/mol. The molecule has 0 bridgehead atoms. The highest BCUT2D eigenvalue weighted by Gasteiger charge is 2.22. The summed E-state index contributed by atoms with van der Waals surface area (Å²) in [5, 5.41) is 8.07. The first-order chi connectivity index (χ1) is 13.8. The fraction of sp³-hybridized carbons (Fsp3) is 0.895. The van der Waals surface area contributed by atoms with E-state index in [2.05, 4.69) is 36.0 Å². The molecule has 0 atom stereocenters. The van der Waals surface area contributed by atoms with E-state index in [1.165, 1.54) is 0 Å². The first kappa shape index (κ1) is 24.2. The Labute approximate surface area is 174 Å². The van der Waals surface area contributed by atoms with Gasteiger partial charge in [-0.1, -0.05) is 26.0 Å². The molecule has 1 fully saturated rings. The maximum Gasteiger partial charge on any atom is 0.152 e. The molecule has 168 valence electrons. The summed E-state index contributed by atoms with van der Waals surface area (Å²) < 4.78 is 41.5. The summed E-state index contributed by atoms with van der Waals surface area (Å²) in [4.78, 5) is 2.12. The van der Waals surface area contributed by atoms with Crippen molar-refractivity contribution >= 4 is 9.84 Å². The third-order valence-electron chi connectivity index (χ3n) is 4.71. The van der Waals surface area contributed by atoms with Gasteiger partial charge in [0.15, 0.2) is 9.84 Å². The summed E-state index contributed by atoms with van der Waals surface area (Å²) in [6, 6.07) is 0. The predicted octanol–water partition coefficient (Wildman–Crippen LogP) is 0.995. The summed E-state index contributed by atoms with van der Waals surface area (Å²) in [6.45, 7) is 12.5. The van der Waals surface area contributed by atoms with E-state index in [1.54, 1.807) is 6.20 Å². The Hall–Kier alpha value is -1.07. The molecular formula is C19H36N4O5S. The van der Waals surface area contributed by atoms with Crippen molar-refractivity contribution in [3.05, 3.63) is 11.9 Å². The molecule has 10 heteroatoms. The van der Waals surface area contributed by atoms with Crippen LogP contribution in [-0.2, 0) is 37.1 Å². The molecule has 0 radical (unpaired) electrons. The normalized spacial score (nSPS) is 17.6. The first-order valence-corrected chi connectivity index (χ1v) is 12.1. The van der Waals surface area contributed by atoms with Gasteiger partial charge in [0.2, 0.25) is 0 Å². The lowest BCUT2D eigenvalue weighted by atomic mass is 9.93. The molecule has 1 aromatic heterocycles. The molecule has 1 aromatic rings. The van der Waals surface area contributed by atoms with Gasteiger partial charge in [0.25, 0.3) is 0 Å². The van der Waals surface area contributed by atoms with Gasteiger partial charge in [0, 0.05) is 26.2 Å². The highest BCUT2D eigenvalue weighted by Crippen LogP contribution is 2.17. The topological polar surface area (TPSA) is 95.8 Å². The molecule has 0 amide bonds. The highest BCUT2D eigenvalue weighted by molar-refractivity contribution is 7.91. The van der Waals surface area contributed by atoms with Gasteiger partial charge < -0.3 is 14.2 Å². The van der Waals surface area contributed by atoms with Crippen molar-refractivity contribution < 1.29 is 22.6 Å². The van der Waals surface area contributed by atoms with Crippen LogP contribution >= 0.6 is 0 Å². The number of hydrogen-bond acceptors (Lipinski definition) is 8. The Bertz CT molecular complexity index is 673. The van der Waals surface area contributed by atoms with Crippen molar-refractivity contribution in [2.45, 2.75) is 40.3 Å². The van der Waals surface area contributed by atoms with Gasteiger partial charge in [-0.2, -0.15) is 0 Å². The third kappa shape index (κ3) is 10.5. The van der Waals surface area contributed by atoms with Crippen molar-refractivity contribution in [2.75, 3.05) is 64.2 Å². The number of rotatable bonds is 13. The van der Waals surface area contributed by atoms with Crippen LogP contribution in [0.4, 0.5) is 0 Å². The van der Waals surface area contributed by atoms with Gasteiger partial charge in [0.05, 0.1) is 63.0 Å². The molecule has 0 aromatic carbocycles. The summed E-state index contributed by atoms with van der Waals surface area (Å²) in [5.41, 5.74) is 1.27. The largest absolute Gasteiger partial charge is 0.379 e. The van der Waals surface area contributed by atoms with Crippen LogP contribution in [-0.4, -0.2) is 92.5 Å². The molecule has 1 aliphatic rings. The smallest absolute Gasteiger partial charge is 0.152 e. The lowest BCUT2D eigenvalue weighted by Crippen LogP contribution is -2.40. The second-order valence-corrected chi connectivity index (χ2v) is 10.8. The monoisotopic (exact) mass is 432 g/mol. The van der Waals surface area contributed by atoms with Crippen LogP contribution in [0.25, 0.3) is 0 Å². The molecule has 29 heavy (non-hydrogen) atoms. The summed E-state index contributed by atoms with van der Waals surface area (Å²) in [6.07, 6.45) is 2.77. The SMILES string of the molecule is CC(C)(C)CCOCCOCCOCCn1nncc1CN1CCS(=O)(=O)CC1. The van der Waals surface area contributed by atoms with E-state index < -0.39 is 9.84 Å². The van der Waals surface area contributed by atoms with Crippen molar-refractivity contribution in [1.29, 1.82) is 0 Å². The summed E-state index contributed by atoms with van der Waals surface area (Å²) in [7, 11) is -2.86.